The molecular formula is C14H15BrClN3O. The third kappa shape index (κ3) is 3.22. The molecule has 1 heterocycles. The molecule has 106 valence electrons. The Kier molecular flexibility index (Phi) is 4.83. The third-order valence-corrected chi connectivity index (χ3v) is 3.83. The summed E-state index contributed by atoms with van der Waals surface area (Å²) in [5.41, 5.74) is 2.10. The molecule has 0 aliphatic heterocycles. The van der Waals surface area contributed by atoms with E-state index in [1.54, 1.807) is 22.9 Å². The number of hydrogen-bond acceptors (Lipinski definition) is 2. The van der Waals surface area contributed by atoms with Crippen molar-refractivity contribution in [2.75, 3.05) is 5.32 Å². The molecule has 2 rings (SSSR count). The lowest BCUT2D eigenvalue weighted by molar-refractivity contribution is 0.101. The van der Waals surface area contributed by atoms with Crippen molar-refractivity contribution in [3.63, 3.8) is 0 Å². The van der Waals surface area contributed by atoms with Crippen LogP contribution in [-0.4, -0.2) is 15.7 Å². The summed E-state index contributed by atoms with van der Waals surface area (Å²) in [6.07, 6.45) is 0.800. The predicted molar refractivity (Wildman–Crippen MR) is 84.4 cm³/mol. The minimum Gasteiger partial charge on any atom is -0.320 e. The zero-order valence-electron chi connectivity index (χ0n) is 11.3. The van der Waals surface area contributed by atoms with Gasteiger partial charge in [-0.1, -0.05) is 18.5 Å². The molecule has 0 unspecified atom stereocenters. The zero-order valence-corrected chi connectivity index (χ0v) is 13.6. The molecule has 0 aliphatic carbocycles. The molecule has 0 aliphatic rings. The number of benzene rings is 1. The lowest BCUT2D eigenvalue weighted by Gasteiger charge is -2.08. The van der Waals surface area contributed by atoms with Crippen LogP contribution in [0.15, 0.2) is 28.7 Å². The van der Waals surface area contributed by atoms with Crippen molar-refractivity contribution in [3.05, 3.63) is 45.1 Å². The van der Waals surface area contributed by atoms with Gasteiger partial charge in [0.2, 0.25) is 0 Å². The van der Waals surface area contributed by atoms with E-state index in [0.717, 1.165) is 16.6 Å². The molecule has 20 heavy (non-hydrogen) atoms. The third-order valence-electron chi connectivity index (χ3n) is 2.90. The van der Waals surface area contributed by atoms with Crippen molar-refractivity contribution in [2.45, 2.75) is 26.8 Å². The van der Waals surface area contributed by atoms with Gasteiger partial charge in [0.05, 0.1) is 11.4 Å². The SMILES string of the molecule is CCc1cc(C(=O)Nc2cc(Cl)ccc2Br)n(CC)n1. The number of amides is 1. The maximum Gasteiger partial charge on any atom is 0.273 e. The van der Waals surface area contributed by atoms with E-state index in [0.29, 0.717) is 22.9 Å². The van der Waals surface area contributed by atoms with Gasteiger partial charge in [0.1, 0.15) is 5.69 Å². The Hall–Kier alpha value is -1.33. The molecular weight excluding hydrogens is 342 g/mol. The fraction of sp³-hybridized carbons (Fsp3) is 0.286. The van der Waals surface area contributed by atoms with Gasteiger partial charge in [0.15, 0.2) is 0 Å². The maximum atomic E-state index is 12.4. The van der Waals surface area contributed by atoms with Gasteiger partial charge in [-0.15, -0.1) is 0 Å². The van der Waals surface area contributed by atoms with E-state index in [4.69, 9.17) is 11.6 Å². The van der Waals surface area contributed by atoms with Gasteiger partial charge < -0.3 is 5.32 Å². The van der Waals surface area contributed by atoms with E-state index >= 15 is 0 Å². The van der Waals surface area contributed by atoms with Crippen molar-refractivity contribution in [2.24, 2.45) is 0 Å². The summed E-state index contributed by atoms with van der Waals surface area (Å²) in [6, 6.07) is 7.08. The number of anilines is 1. The number of hydrogen-bond donors (Lipinski definition) is 1. The van der Waals surface area contributed by atoms with Crippen molar-refractivity contribution in [1.29, 1.82) is 0 Å². The van der Waals surface area contributed by atoms with Crippen LogP contribution in [0.5, 0.6) is 0 Å². The molecule has 0 spiro atoms. The molecule has 1 N–H and O–H groups in total. The van der Waals surface area contributed by atoms with Crippen LogP contribution in [0.25, 0.3) is 0 Å². The fourth-order valence-electron chi connectivity index (χ4n) is 1.85. The Bertz CT molecular complexity index is 639. The van der Waals surface area contributed by atoms with Gasteiger partial charge in [0, 0.05) is 16.0 Å². The van der Waals surface area contributed by atoms with Crippen LogP contribution in [0, 0.1) is 0 Å². The molecule has 1 aromatic carbocycles. The number of aromatic nitrogens is 2. The van der Waals surface area contributed by atoms with Gasteiger partial charge in [-0.25, -0.2) is 0 Å². The highest BCUT2D eigenvalue weighted by Crippen LogP contribution is 2.26. The molecule has 4 nitrogen and oxygen atoms in total. The number of nitrogens with zero attached hydrogens (tertiary/aromatic N) is 2. The van der Waals surface area contributed by atoms with E-state index in [9.17, 15) is 4.79 Å². The highest BCUT2D eigenvalue weighted by molar-refractivity contribution is 9.10. The molecule has 0 saturated carbocycles. The molecule has 1 aromatic heterocycles. The summed E-state index contributed by atoms with van der Waals surface area (Å²) in [5.74, 6) is -0.193. The number of nitrogens with one attached hydrogen (secondary N) is 1. The maximum absolute atomic E-state index is 12.4. The van der Waals surface area contributed by atoms with E-state index in [1.807, 2.05) is 19.9 Å². The van der Waals surface area contributed by atoms with Crippen LogP contribution in [0.2, 0.25) is 5.02 Å². The Morgan fingerprint density at radius 2 is 2.15 bits per heavy atom. The van der Waals surface area contributed by atoms with E-state index < -0.39 is 0 Å². The normalized spacial score (nSPS) is 10.6. The first-order chi connectivity index (χ1) is 9.55. The quantitative estimate of drug-likeness (QED) is 0.895. The van der Waals surface area contributed by atoms with Crippen molar-refractivity contribution in [3.8, 4) is 0 Å². The molecule has 2 aromatic rings. The second kappa shape index (κ2) is 6.41. The number of carbonyl (C=O) groups is 1. The minimum absolute atomic E-state index is 0.193. The van der Waals surface area contributed by atoms with Gasteiger partial charge >= 0.3 is 0 Å². The van der Waals surface area contributed by atoms with Crippen LogP contribution < -0.4 is 5.32 Å². The second-order valence-electron chi connectivity index (χ2n) is 4.27. The highest BCUT2D eigenvalue weighted by atomic mass is 79.9. The van der Waals surface area contributed by atoms with Gasteiger partial charge in [-0.05, 0) is 53.5 Å². The fourth-order valence-corrected chi connectivity index (χ4v) is 2.36. The van der Waals surface area contributed by atoms with E-state index in [2.05, 4.69) is 26.3 Å². The summed E-state index contributed by atoms with van der Waals surface area (Å²) in [7, 11) is 0. The average Bonchev–Trinajstić information content (AvgIpc) is 2.86. The molecule has 0 fully saturated rings. The summed E-state index contributed by atoms with van der Waals surface area (Å²) in [5, 5.41) is 7.79. The summed E-state index contributed by atoms with van der Waals surface area (Å²) < 4.78 is 2.49. The number of rotatable bonds is 4. The van der Waals surface area contributed by atoms with E-state index in [-0.39, 0.29) is 5.91 Å². The first-order valence-electron chi connectivity index (χ1n) is 6.38. The van der Waals surface area contributed by atoms with Crippen LogP contribution >= 0.6 is 27.5 Å². The number of carbonyl (C=O) groups excluding carboxylic acids is 1. The second-order valence-corrected chi connectivity index (χ2v) is 5.56. The average molecular weight is 357 g/mol. The molecule has 0 atom stereocenters. The Morgan fingerprint density at radius 1 is 1.40 bits per heavy atom. The van der Waals surface area contributed by atoms with Crippen LogP contribution in [0.1, 0.15) is 30.0 Å². The lowest BCUT2D eigenvalue weighted by atomic mass is 10.2. The summed E-state index contributed by atoms with van der Waals surface area (Å²) in [6.45, 7) is 4.62. The smallest absolute Gasteiger partial charge is 0.273 e. The van der Waals surface area contributed by atoms with Crippen molar-refractivity contribution in [1.82, 2.24) is 9.78 Å². The van der Waals surface area contributed by atoms with Crippen LogP contribution in [-0.2, 0) is 13.0 Å². The Labute approximate surface area is 131 Å². The van der Waals surface area contributed by atoms with Crippen LogP contribution in [0.3, 0.4) is 0 Å². The molecule has 0 bridgehead atoms. The monoisotopic (exact) mass is 355 g/mol. The minimum atomic E-state index is -0.193. The number of aryl methyl sites for hydroxylation is 2. The molecule has 6 heteroatoms. The van der Waals surface area contributed by atoms with Crippen LogP contribution in [0.4, 0.5) is 5.69 Å². The Balaban J connectivity index is 2.28. The zero-order chi connectivity index (χ0) is 14.7. The standard InChI is InChI=1S/C14H15BrClN3O/c1-3-10-8-13(19(4-2)18-10)14(20)17-12-7-9(16)5-6-11(12)15/h5-8H,3-4H2,1-2H3,(H,17,20). The first-order valence-corrected chi connectivity index (χ1v) is 7.55. The van der Waals surface area contributed by atoms with Crippen molar-refractivity contribution >= 4 is 39.1 Å². The van der Waals surface area contributed by atoms with Gasteiger partial charge in [-0.2, -0.15) is 5.10 Å². The lowest BCUT2D eigenvalue weighted by Crippen LogP contribution is -2.17. The topological polar surface area (TPSA) is 46.9 Å². The van der Waals surface area contributed by atoms with Crippen molar-refractivity contribution < 1.29 is 4.79 Å². The van der Waals surface area contributed by atoms with Gasteiger partial charge in [-0.3, -0.25) is 9.48 Å². The Morgan fingerprint density at radius 3 is 2.80 bits per heavy atom. The molecule has 1 amide bonds. The first kappa shape index (κ1) is 15.1. The summed E-state index contributed by atoms with van der Waals surface area (Å²) >= 11 is 9.33. The van der Waals surface area contributed by atoms with E-state index in [1.165, 1.54) is 0 Å². The largest absolute Gasteiger partial charge is 0.320 e. The molecule has 0 radical (unpaired) electrons. The predicted octanol–water partition coefficient (Wildman–Crippen LogP) is 4.13. The highest BCUT2D eigenvalue weighted by Gasteiger charge is 2.15. The number of halogens is 2. The van der Waals surface area contributed by atoms with Gasteiger partial charge in [0.25, 0.3) is 5.91 Å². The summed E-state index contributed by atoms with van der Waals surface area (Å²) in [4.78, 5) is 12.4. The molecule has 0 saturated heterocycles.